The molecular formula is C9H17N3O2. The van der Waals surface area contributed by atoms with Crippen LogP contribution in [-0.4, -0.2) is 10.4 Å². The van der Waals surface area contributed by atoms with Crippen molar-refractivity contribution >= 4 is 0 Å². The second kappa shape index (κ2) is 7.43. The molecule has 1 aromatic carbocycles. The van der Waals surface area contributed by atoms with Gasteiger partial charge in [0, 0.05) is 0 Å². The summed E-state index contributed by atoms with van der Waals surface area (Å²) < 4.78 is 0. The Morgan fingerprint density at radius 1 is 1.29 bits per heavy atom. The van der Waals surface area contributed by atoms with E-state index in [1.165, 1.54) is 5.56 Å². The number of rotatable bonds is 3. The van der Waals surface area contributed by atoms with E-state index in [9.17, 15) is 0 Å². The van der Waals surface area contributed by atoms with Crippen molar-refractivity contribution in [1.29, 1.82) is 0 Å². The van der Waals surface area contributed by atoms with Gasteiger partial charge in [-0.3, -0.25) is 0 Å². The van der Waals surface area contributed by atoms with E-state index in [0.29, 0.717) is 0 Å². The van der Waals surface area contributed by atoms with Crippen LogP contribution in [0.15, 0.2) is 24.3 Å². The second-order valence-corrected chi connectivity index (χ2v) is 2.70. The Kier molecular flexibility index (Phi) is 6.91. The van der Waals surface area contributed by atoms with Gasteiger partial charge in [0.1, 0.15) is 6.17 Å². The van der Waals surface area contributed by atoms with Crippen LogP contribution in [0.4, 0.5) is 0 Å². The van der Waals surface area contributed by atoms with E-state index in [4.69, 9.17) is 16.1 Å². The minimum absolute atomic E-state index is 0.490. The maximum atomic E-state index is 8.54. The minimum atomic E-state index is -0.490. The third-order valence-electron chi connectivity index (χ3n) is 1.89. The zero-order valence-electron chi connectivity index (χ0n) is 8.14. The summed E-state index contributed by atoms with van der Waals surface area (Å²) in [7, 11) is 0. The maximum absolute atomic E-state index is 8.54. The molecule has 0 fully saturated rings. The fraction of sp³-hybridized carbons (Fsp3) is 0.333. The van der Waals surface area contributed by atoms with Gasteiger partial charge in [0.25, 0.3) is 0 Å². The molecule has 0 heterocycles. The topological polar surface area (TPSA) is 105 Å². The summed E-state index contributed by atoms with van der Waals surface area (Å²) in [6.07, 6.45) is 0.526. The van der Waals surface area contributed by atoms with Crippen molar-refractivity contribution in [2.75, 3.05) is 0 Å². The molecule has 1 atom stereocenters. The van der Waals surface area contributed by atoms with Gasteiger partial charge in [0.2, 0.25) is 0 Å². The molecule has 0 amide bonds. The SMILES string of the molecule is CCc1ccc(C(N)NO)cc1.NO. The number of nitrogens with two attached hydrogens (primary N) is 2. The molecule has 14 heavy (non-hydrogen) atoms. The molecule has 0 aliphatic carbocycles. The van der Waals surface area contributed by atoms with E-state index in [1.54, 1.807) is 0 Å². The molecule has 0 radical (unpaired) electrons. The number of benzene rings is 1. The minimum Gasteiger partial charge on any atom is -0.320 e. The molecule has 0 aliphatic heterocycles. The van der Waals surface area contributed by atoms with Crippen LogP contribution < -0.4 is 17.1 Å². The molecule has 5 nitrogen and oxygen atoms in total. The van der Waals surface area contributed by atoms with Gasteiger partial charge < -0.3 is 16.1 Å². The van der Waals surface area contributed by atoms with E-state index in [0.717, 1.165) is 12.0 Å². The van der Waals surface area contributed by atoms with Gasteiger partial charge in [-0.25, -0.2) is 5.90 Å². The highest BCUT2D eigenvalue weighted by Gasteiger charge is 2.01. The molecule has 1 rings (SSSR count). The van der Waals surface area contributed by atoms with Crippen molar-refractivity contribution in [3.8, 4) is 0 Å². The monoisotopic (exact) mass is 199 g/mol. The molecule has 0 saturated carbocycles. The third kappa shape index (κ3) is 3.82. The highest BCUT2D eigenvalue weighted by Crippen LogP contribution is 2.09. The maximum Gasteiger partial charge on any atom is 0.104 e. The van der Waals surface area contributed by atoms with Gasteiger partial charge in [-0.05, 0) is 17.5 Å². The van der Waals surface area contributed by atoms with E-state index in [2.05, 4.69) is 12.8 Å². The first kappa shape index (κ1) is 13.0. The molecule has 1 unspecified atom stereocenters. The average molecular weight is 199 g/mol. The van der Waals surface area contributed by atoms with Crippen molar-refractivity contribution in [2.45, 2.75) is 19.5 Å². The Labute approximate surface area is 83.3 Å². The molecule has 1 aromatic rings. The van der Waals surface area contributed by atoms with Crippen molar-refractivity contribution < 1.29 is 10.4 Å². The van der Waals surface area contributed by atoms with Crippen LogP contribution in [0, 0.1) is 0 Å². The Morgan fingerprint density at radius 2 is 1.79 bits per heavy atom. The summed E-state index contributed by atoms with van der Waals surface area (Å²) in [5, 5.41) is 15.0. The Balaban J connectivity index is 0.000000791. The number of hydrogen-bond acceptors (Lipinski definition) is 5. The fourth-order valence-electron chi connectivity index (χ4n) is 1.04. The normalized spacial score (nSPS) is 11.5. The fourth-order valence-corrected chi connectivity index (χ4v) is 1.04. The number of hydrogen-bond donors (Lipinski definition) is 5. The molecule has 0 spiro atoms. The number of aryl methyl sites for hydroxylation is 1. The highest BCUT2D eigenvalue weighted by molar-refractivity contribution is 5.24. The van der Waals surface area contributed by atoms with Gasteiger partial charge in [-0.1, -0.05) is 31.2 Å². The lowest BCUT2D eigenvalue weighted by Gasteiger charge is -2.09. The lowest BCUT2D eigenvalue weighted by Crippen LogP contribution is -2.25. The van der Waals surface area contributed by atoms with E-state index in [-0.39, 0.29) is 0 Å². The smallest absolute Gasteiger partial charge is 0.104 e. The Hall–Kier alpha value is -0.980. The van der Waals surface area contributed by atoms with Crippen LogP contribution in [0.25, 0.3) is 0 Å². The molecule has 0 aromatic heterocycles. The van der Waals surface area contributed by atoms with Crippen LogP contribution in [0.1, 0.15) is 24.2 Å². The summed E-state index contributed by atoms with van der Waals surface area (Å²) in [4.78, 5) is 0. The lowest BCUT2D eigenvalue weighted by atomic mass is 10.1. The number of hydroxylamine groups is 1. The summed E-state index contributed by atoms with van der Waals surface area (Å²) >= 11 is 0. The molecule has 0 aliphatic rings. The van der Waals surface area contributed by atoms with Crippen molar-refractivity contribution in [1.82, 2.24) is 5.48 Å². The predicted octanol–water partition coefficient (Wildman–Crippen LogP) is 0.519. The Bertz CT molecular complexity index is 238. The molecular weight excluding hydrogens is 182 g/mol. The summed E-state index contributed by atoms with van der Waals surface area (Å²) in [6, 6.07) is 7.83. The van der Waals surface area contributed by atoms with Crippen LogP contribution >= 0.6 is 0 Å². The van der Waals surface area contributed by atoms with Crippen LogP contribution in [0.2, 0.25) is 0 Å². The van der Waals surface area contributed by atoms with Crippen molar-refractivity contribution in [3.63, 3.8) is 0 Å². The lowest BCUT2D eigenvalue weighted by molar-refractivity contribution is 0.128. The summed E-state index contributed by atoms with van der Waals surface area (Å²) in [6.45, 7) is 2.10. The van der Waals surface area contributed by atoms with E-state index >= 15 is 0 Å². The third-order valence-corrected chi connectivity index (χ3v) is 1.89. The first-order valence-corrected chi connectivity index (χ1v) is 4.27. The van der Waals surface area contributed by atoms with Gasteiger partial charge in [-0.15, -0.1) is 0 Å². The number of nitrogens with one attached hydrogen (secondary N) is 1. The van der Waals surface area contributed by atoms with Crippen LogP contribution in [-0.2, 0) is 6.42 Å². The molecule has 80 valence electrons. The van der Waals surface area contributed by atoms with E-state index < -0.39 is 6.17 Å². The van der Waals surface area contributed by atoms with Gasteiger partial charge >= 0.3 is 0 Å². The van der Waals surface area contributed by atoms with Crippen LogP contribution in [0.5, 0.6) is 0 Å². The average Bonchev–Trinajstić information content (AvgIpc) is 2.31. The van der Waals surface area contributed by atoms with Gasteiger partial charge in [0.15, 0.2) is 0 Å². The summed E-state index contributed by atoms with van der Waals surface area (Å²) in [5.41, 5.74) is 9.67. The standard InChI is InChI=1S/C9H14N2O.H3NO/c1-2-7-3-5-8(6-4-7)9(10)11-12;1-2/h3-6,9,11-12H,2,10H2,1H3;2H,1H2. The van der Waals surface area contributed by atoms with Crippen LogP contribution in [0.3, 0.4) is 0 Å². The molecule has 0 saturated heterocycles. The second-order valence-electron chi connectivity index (χ2n) is 2.70. The Morgan fingerprint density at radius 3 is 2.14 bits per heavy atom. The molecule has 0 bridgehead atoms. The first-order valence-electron chi connectivity index (χ1n) is 4.27. The van der Waals surface area contributed by atoms with Gasteiger partial charge in [0.05, 0.1) is 0 Å². The van der Waals surface area contributed by atoms with E-state index in [1.807, 2.05) is 29.7 Å². The first-order chi connectivity index (χ1) is 6.77. The zero-order chi connectivity index (χ0) is 11.0. The van der Waals surface area contributed by atoms with Crippen molar-refractivity contribution in [2.24, 2.45) is 11.6 Å². The highest BCUT2D eigenvalue weighted by atomic mass is 16.5. The van der Waals surface area contributed by atoms with Crippen molar-refractivity contribution in [3.05, 3.63) is 35.4 Å². The summed E-state index contributed by atoms with van der Waals surface area (Å²) in [5.74, 6) is 3.50. The van der Waals surface area contributed by atoms with Gasteiger partial charge in [-0.2, -0.15) is 5.48 Å². The quantitative estimate of drug-likeness (QED) is 0.360. The zero-order valence-corrected chi connectivity index (χ0v) is 8.14. The molecule has 5 heteroatoms. The largest absolute Gasteiger partial charge is 0.320 e. The predicted molar refractivity (Wildman–Crippen MR) is 53.6 cm³/mol. The molecule has 7 N–H and O–H groups in total.